The van der Waals surface area contributed by atoms with Crippen LogP contribution in [0.1, 0.15) is 40.2 Å². The minimum absolute atomic E-state index is 0.0690. The Kier molecular flexibility index (Phi) is 4.90. The molecule has 1 atom stereocenters. The van der Waals surface area contributed by atoms with Gasteiger partial charge in [0.1, 0.15) is 5.58 Å². The number of hydrogen-bond donors (Lipinski definition) is 0. The molecule has 0 amide bonds. The lowest BCUT2D eigenvalue weighted by atomic mass is 9.94. The molecule has 4 rings (SSSR count). The van der Waals surface area contributed by atoms with E-state index in [0.29, 0.717) is 28.9 Å². The Morgan fingerprint density at radius 2 is 2.04 bits per heavy atom. The number of nitrogens with zero attached hydrogens (tertiary/aromatic N) is 1. The third-order valence-electron chi connectivity index (χ3n) is 5.54. The number of hydrogen-bond acceptors (Lipinski definition) is 4. The Hall–Kier alpha value is -2.72. The van der Waals surface area contributed by atoms with Crippen LogP contribution in [0.5, 0.6) is 0 Å². The van der Waals surface area contributed by atoms with Crippen LogP contribution in [-0.4, -0.2) is 30.3 Å². The van der Waals surface area contributed by atoms with Crippen LogP contribution in [0, 0.1) is 6.92 Å². The van der Waals surface area contributed by atoms with Gasteiger partial charge >= 0.3 is 0 Å². The molecule has 27 heavy (non-hydrogen) atoms. The predicted molar refractivity (Wildman–Crippen MR) is 106 cm³/mol. The molecular formula is C23H23NO3. The first-order chi connectivity index (χ1) is 13.1. The van der Waals surface area contributed by atoms with Crippen molar-refractivity contribution >= 4 is 16.8 Å². The van der Waals surface area contributed by atoms with E-state index in [4.69, 9.17) is 4.42 Å². The second kappa shape index (κ2) is 7.49. The summed E-state index contributed by atoms with van der Waals surface area (Å²) in [7, 11) is 0. The van der Waals surface area contributed by atoms with Crippen LogP contribution in [-0.2, 0) is 0 Å². The molecule has 1 aromatic heterocycles. The molecule has 1 unspecified atom stereocenters. The Morgan fingerprint density at radius 1 is 1.19 bits per heavy atom. The lowest BCUT2D eigenvalue weighted by Gasteiger charge is -2.17. The molecule has 2 aromatic carbocycles. The van der Waals surface area contributed by atoms with Crippen molar-refractivity contribution in [1.82, 2.24) is 4.90 Å². The highest BCUT2D eigenvalue weighted by molar-refractivity contribution is 5.99. The predicted octanol–water partition coefficient (Wildman–Crippen LogP) is 4.16. The molecule has 0 saturated carbocycles. The van der Waals surface area contributed by atoms with Gasteiger partial charge in [0, 0.05) is 31.1 Å². The number of fused-ring (bicyclic) bond motifs is 1. The highest BCUT2D eigenvalue weighted by Crippen LogP contribution is 2.29. The van der Waals surface area contributed by atoms with Gasteiger partial charge in [-0.25, -0.2) is 0 Å². The van der Waals surface area contributed by atoms with Crippen LogP contribution < -0.4 is 5.43 Å². The lowest BCUT2D eigenvalue weighted by molar-refractivity contribution is 0.0969. The smallest absolute Gasteiger partial charge is 0.192 e. The van der Waals surface area contributed by atoms with Gasteiger partial charge in [-0.3, -0.25) is 9.59 Å². The van der Waals surface area contributed by atoms with E-state index in [1.807, 2.05) is 0 Å². The van der Waals surface area contributed by atoms with E-state index < -0.39 is 0 Å². The molecule has 4 nitrogen and oxygen atoms in total. The summed E-state index contributed by atoms with van der Waals surface area (Å²) in [5, 5.41) is 0.462. The quantitative estimate of drug-likeness (QED) is 0.640. The largest absolute Gasteiger partial charge is 0.464 e. The highest BCUT2D eigenvalue weighted by atomic mass is 16.3. The minimum Gasteiger partial charge on any atom is -0.464 e. The van der Waals surface area contributed by atoms with E-state index >= 15 is 0 Å². The average molecular weight is 361 g/mol. The summed E-state index contributed by atoms with van der Waals surface area (Å²) in [6, 6.07) is 15.0. The highest BCUT2D eigenvalue weighted by Gasteiger charge is 2.25. The van der Waals surface area contributed by atoms with E-state index in [0.717, 1.165) is 26.1 Å². The summed E-state index contributed by atoms with van der Waals surface area (Å²) in [4.78, 5) is 26.9. The number of benzene rings is 2. The molecule has 2 heterocycles. The number of rotatable bonds is 5. The van der Waals surface area contributed by atoms with Crippen molar-refractivity contribution in [3.8, 4) is 0 Å². The molecule has 0 spiro atoms. The van der Waals surface area contributed by atoms with Gasteiger partial charge in [-0.05, 0) is 55.1 Å². The number of carbonyl (C=O) groups is 1. The van der Waals surface area contributed by atoms with Gasteiger partial charge < -0.3 is 9.32 Å². The third-order valence-corrected chi connectivity index (χ3v) is 5.54. The maximum absolute atomic E-state index is 12.6. The molecule has 0 bridgehead atoms. The first kappa shape index (κ1) is 17.7. The first-order valence-electron chi connectivity index (χ1n) is 9.44. The van der Waals surface area contributed by atoms with Crippen molar-refractivity contribution in [2.75, 3.05) is 19.6 Å². The van der Waals surface area contributed by atoms with Crippen molar-refractivity contribution in [3.05, 3.63) is 81.7 Å². The number of aryl methyl sites for hydroxylation is 1. The van der Waals surface area contributed by atoms with E-state index in [1.165, 1.54) is 23.5 Å². The van der Waals surface area contributed by atoms with Gasteiger partial charge in [-0.2, -0.15) is 0 Å². The van der Waals surface area contributed by atoms with Gasteiger partial charge in [0.25, 0.3) is 0 Å². The average Bonchev–Trinajstić information content (AvgIpc) is 3.15. The zero-order chi connectivity index (χ0) is 18.8. The second-order valence-corrected chi connectivity index (χ2v) is 7.31. The van der Waals surface area contributed by atoms with E-state index in [2.05, 4.69) is 36.1 Å². The van der Waals surface area contributed by atoms with E-state index in [1.54, 1.807) is 18.2 Å². The minimum atomic E-state index is -0.119. The molecule has 1 aliphatic heterocycles. The summed E-state index contributed by atoms with van der Waals surface area (Å²) in [6.45, 7) is 4.94. The summed E-state index contributed by atoms with van der Waals surface area (Å²) < 4.78 is 5.31. The lowest BCUT2D eigenvalue weighted by Crippen LogP contribution is -2.23. The van der Waals surface area contributed by atoms with Crippen LogP contribution in [0.15, 0.2) is 64.0 Å². The van der Waals surface area contributed by atoms with E-state index in [9.17, 15) is 9.59 Å². The third kappa shape index (κ3) is 3.71. The molecule has 0 aliphatic carbocycles. The van der Waals surface area contributed by atoms with E-state index in [-0.39, 0.29) is 11.2 Å². The molecule has 4 heteroatoms. The number of likely N-dealkylation sites (tertiary alicyclic amines) is 1. The van der Waals surface area contributed by atoms with Gasteiger partial charge in [-0.15, -0.1) is 0 Å². The number of Topliss-reactive ketones (excluding diaryl/α,β-unsaturated/α-hetero) is 1. The maximum Gasteiger partial charge on any atom is 0.192 e. The fourth-order valence-electron chi connectivity index (χ4n) is 4.00. The molecule has 3 aromatic rings. The fourth-order valence-corrected chi connectivity index (χ4v) is 4.00. The van der Waals surface area contributed by atoms with Crippen LogP contribution in [0.4, 0.5) is 0 Å². The van der Waals surface area contributed by atoms with Gasteiger partial charge in [0.15, 0.2) is 11.2 Å². The second-order valence-electron chi connectivity index (χ2n) is 7.31. The first-order valence-corrected chi connectivity index (χ1v) is 9.44. The standard InChI is InChI=1S/C23H23NO3/c1-16-4-2-3-5-19(16)18-8-11-24(15-18)12-9-21(25)17-6-7-23-20(14-17)22(26)10-13-27-23/h2-7,10,13-14,18H,8-9,11-12,15H2,1H3. The number of carbonyl (C=O) groups excluding carboxylic acids is 1. The van der Waals surface area contributed by atoms with Crippen molar-refractivity contribution in [1.29, 1.82) is 0 Å². The molecule has 1 aliphatic rings. The van der Waals surface area contributed by atoms with Gasteiger partial charge in [0.05, 0.1) is 11.6 Å². The van der Waals surface area contributed by atoms with Crippen LogP contribution >= 0.6 is 0 Å². The molecular weight excluding hydrogens is 338 g/mol. The Morgan fingerprint density at radius 3 is 2.89 bits per heavy atom. The maximum atomic E-state index is 12.6. The molecule has 0 radical (unpaired) electrons. The summed E-state index contributed by atoms with van der Waals surface area (Å²) in [5.74, 6) is 0.617. The topological polar surface area (TPSA) is 50.5 Å². The zero-order valence-corrected chi connectivity index (χ0v) is 15.5. The van der Waals surface area contributed by atoms with Crippen molar-refractivity contribution in [2.24, 2.45) is 0 Å². The zero-order valence-electron chi connectivity index (χ0n) is 15.5. The van der Waals surface area contributed by atoms with Crippen LogP contribution in [0.3, 0.4) is 0 Å². The van der Waals surface area contributed by atoms with Crippen molar-refractivity contribution in [2.45, 2.75) is 25.7 Å². The van der Waals surface area contributed by atoms with Gasteiger partial charge in [0.2, 0.25) is 0 Å². The summed E-state index contributed by atoms with van der Waals surface area (Å²) in [5.41, 5.74) is 3.74. The van der Waals surface area contributed by atoms with Crippen molar-refractivity contribution < 1.29 is 9.21 Å². The molecule has 1 fully saturated rings. The SMILES string of the molecule is Cc1ccccc1C1CCN(CCC(=O)c2ccc3occc(=O)c3c2)C1. The molecule has 1 saturated heterocycles. The van der Waals surface area contributed by atoms with Crippen molar-refractivity contribution in [3.63, 3.8) is 0 Å². The van der Waals surface area contributed by atoms with Crippen LogP contribution in [0.2, 0.25) is 0 Å². The van der Waals surface area contributed by atoms with Crippen LogP contribution in [0.25, 0.3) is 11.0 Å². The summed E-state index contributed by atoms with van der Waals surface area (Å²) >= 11 is 0. The normalized spacial score (nSPS) is 17.4. The Balaban J connectivity index is 1.39. The number of ketones is 1. The monoisotopic (exact) mass is 361 g/mol. The van der Waals surface area contributed by atoms with Gasteiger partial charge in [-0.1, -0.05) is 24.3 Å². The Bertz CT molecular complexity index is 1040. The molecule has 138 valence electrons. The summed E-state index contributed by atoms with van der Waals surface area (Å²) in [6.07, 6.45) is 2.98. The fraction of sp³-hybridized carbons (Fsp3) is 0.304. The Labute approximate surface area is 158 Å². The molecule has 0 N–H and O–H groups in total.